The van der Waals surface area contributed by atoms with Crippen LogP contribution in [0.1, 0.15) is 35.1 Å². The van der Waals surface area contributed by atoms with Crippen molar-refractivity contribution in [2.24, 2.45) is 0 Å². The van der Waals surface area contributed by atoms with Crippen LogP contribution in [0.25, 0.3) is 0 Å². The summed E-state index contributed by atoms with van der Waals surface area (Å²) in [6, 6.07) is 17.6. The molecule has 0 N–H and O–H groups in total. The molecule has 0 aliphatic rings. The van der Waals surface area contributed by atoms with Crippen LogP contribution < -0.4 is 0 Å². The summed E-state index contributed by atoms with van der Waals surface area (Å²) in [5.74, 6) is 0. The monoisotopic (exact) mass is 282 g/mol. The maximum Gasteiger partial charge on any atom is 0.0469 e. The molecule has 112 valence electrons. The van der Waals surface area contributed by atoms with Crippen molar-refractivity contribution in [3.05, 3.63) is 70.8 Å². The molecular formula is C20H26O. The molecule has 0 aliphatic carbocycles. The molecule has 0 aliphatic heterocycles. The minimum absolute atomic E-state index is 0.863. The van der Waals surface area contributed by atoms with E-state index in [9.17, 15) is 0 Å². The molecule has 1 heteroatoms. The van der Waals surface area contributed by atoms with Gasteiger partial charge in [0, 0.05) is 13.2 Å². The molecule has 2 rings (SSSR count). The van der Waals surface area contributed by atoms with Gasteiger partial charge in [0.1, 0.15) is 0 Å². The second-order valence-corrected chi connectivity index (χ2v) is 5.79. The first-order valence-electron chi connectivity index (χ1n) is 7.93. The van der Waals surface area contributed by atoms with Crippen molar-refractivity contribution in [3.8, 4) is 0 Å². The van der Waals surface area contributed by atoms with Crippen LogP contribution in [-0.4, -0.2) is 13.2 Å². The predicted octanol–water partition coefficient (Wildman–Crippen LogP) is 4.89. The molecule has 0 bridgehead atoms. The van der Waals surface area contributed by atoms with E-state index in [1.807, 2.05) is 0 Å². The zero-order valence-electron chi connectivity index (χ0n) is 13.3. The van der Waals surface area contributed by atoms with Gasteiger partial charge in [-0.25, -0.2) is 0 Å². The largest absolute Gasteiger partial charge is 0.381 e. The van der Waals surface area contributed by atoms with Crippen LogP contribution in [0.5, 0.6) is 0 Å². The van der Waals surface area contributed by atoms with E-state index in [0.717, 1.165) is 38.9 Å². The van der Waals surface area contributed by atoms with E-state index < -0.39 is 0 Å². The lowest BCUT2D eigenvalue weighted by atomic mass is 10.1. The Morgan fingerprint density at radius 3 is 1.38 bits per heavy atom. The van der Waals surface area contributed by atoms with Crippen molar-refractivity contribution in [2.75, 3.05) is 13.2 Å². The van der Waals surface area contributed by atoms with Crippen molar-refractivity contribution in [3.63, 3.8) is 0 Å². The molecule has 0 atom stereocenters. The zero-order chi connectivity index (χ0) is 14.9. The molecule has 0 saturated heterocycles. The maximum absolute atomic E-state index is 5.72. The summed E-state index contributed by atoms with van der Waals surface area (Å²) in [5.41, 5.74) is 5.46. The third-order valence-electron chi connectivity index (χ3n) is 3.75. The van der Waals surface area contributed by atoms with Crippen LogP contribution in [-0.2, 0) is 17.6 Å². The second kappa shape index (κ2) is 8.63. The van der Waals surface area contributed by atoms with Crippen molar-refractivity contribution < 1.29 is 4.74 Å². The van der Waals surface area contributed by atoms with Gasteiger partial charge >= 0.3 is 0 Å². The predicted molar refractivity (Wildman–Crippen MR) is 89.8 cm³/mol. The molecule has 21 heavy (non-hydrogen) atoms. The Hall–Kier alpha value is -1.60. The van der Waals surface area contributed by atoms with Crippen molar-refractivity contribution in [1.82, 2.24) is 0 Å². The first-order valence-corrected chi connectivity index (χ1v) is 7.93. The van der Waals surface area contributed by atoms with Crippen LogP contribution in [0.3, 0.4) is 0 Å². The maximum atomic E-state index is 5.72. The highest BCUT2D eigenvalue weighted by Crippen LogP contribution is 2.07. The van der Waals surface area contributed by atoms with E-state index in [4.69, 9.17) is 4.74 Å². The van der Waals surface area contributed by atoms with Gasteiger partial charge in [0.05, 0.1) is 0 Å². The van der Waals surface area contributed by atoms with E-state index in [1.54, 1.807) is 0 Å². The highest BCUT2D eigenvalue weighted by Gasteiger charge is 1.96. The Labute approximate surface area is 129 Å². The molecule has 0 heterocycles. The number of rotatable bonds is 8. The summed E-state index contributed by atoms with van der Waals surface area (Å²) in [5, 5.41) is 0. The summed E-state index contributed by atoms with van der Waals surface area (Å²) in [4.78, 5) is 0. The number of benzene rings is 2. The van der Waals surface area contributed by atoms with E-state index in [0.29, 0.717) is 0 Å². The van der Waals surface area contributed by atoms with Gasteiger partial charge in [0.2, 0.25) is 0 Å². The van der Waals surface area contributed by atoms with E-state index in [-0.39, 0.29) is 0 Å². The van der Waals surface area contributed by atoms with Crippen LogP contribution in [0.4, 0.5) is 0 Å². The highest BCUT2D eigenvalue weighted by molar-refractivity contribution is 5.22. The molecule has 1 nitrogen and oxygen atoms in total. The third-order valence-corrected chi connectivity index (χ3v) is 3.75. The summed E-state index contributed by atoms with van der Waals surface area (Å²) in [7, 11) is 0. The summed E-state index contributed by atoms with van der Waals surface area (Å²) < 4.78 is 5.72. The standard InChI is InChI=1S/C20H26O/c1-17-7-11-19(12-8-17)5-3-15-21-16-4-6-20-13-9-18(2)10-14-20/h7-14H,3-6,15-16H2,1-2H3. The molecule has 0 unspecified atom stereocenters. The Kier molecular flexibility index (Phi) is 6.49. The average Bonchev–Trinajstić information content (AvgIpc) is 2.50. The molecule has 0 radical (unpaired) electrons. The van der Waals surface area contributed by atoms with Gasteiger partial charge < -0.3 is 4.74 Å². The normalized spacial score (nSPS) is 10.8. The summed E-state index contributed by atoms with van der Waals surface area (Å²) >= 11 is 0. The Morgan fingerprint density at radius 1 is 0.619 bits per heavy atom. The molecule has 0 aromatic heterocycles. The van der Waals surface area contributed by atoms with Gasteiger partial charge in [-0.05, 0) is 50.7 Å². The Morgan fingerprint density at radius 2 is 1.00 bits per heavy atom. The minimum Gasteiger partial charge on any atom is -0.381 e. The van der Waals surface area contributed by atoms with Gasteiger partial charge in [0.25, 0.3) is 0 Å². The van der Waals surface area contributed by atoms with Gasteiger partial charge in [0.15, 0.2) is 0 Å². The number of hydrogen-bond acceptors (Lipinski definition) is 1. The van der Waals surface area contributed by atoms with Crippen LogP contribution in [0, 0.1) is 13.8 Å². The SMILES string of the molecule is Cc1ccc(CCCOCCCc2ccc(C)cc2)cc1. The van der Waals surface area contributed by atoms with Gasteiger partial charge in [-0.2, -0.15) is 0 Å². The molecule has 0 amide bonds. The lowest BCUT2D eigenvalue weighted by molar-refractivity contribution is 0.130. The minimum atomic E-state index is 0.863. The van der Waals surface area contributed by atoms with Gasteiger partial charge in [-0.15, -0.1) is 0 Å². The van der Waals surface area contributed by atoms with E-state index in [1.165, 1.54) is 22.3 Å². The van der Waals surface area contributed by atoms with Crippen molar-refractivity contribution >= 4 is 0 Å². The lowest BCUT2D eigenvalue weighted by Gasteiger charge is -2.05. The Bertz CT molecular complexity index is 461. The number of hydrogen-bond donors (Lipinski definition) is 0. The van der Waals surface area contributed by atoms with Gasteiger partial charge in [-0.3, -0.25) is 0 Å². The highest BCUT2D eigenvalue weighted by atomic mass is 16.5. The molecule has 0 spiro atoms. The van der Waals surface area contributed by atoms with E-state index >= 15 is 0 Å². The number of aryl methyl sites for hydroxylation is 4. The topological polar surface area (TPSA) is 9.23 Å². The second-order valence-electron chi connectivity index (χ2n) is 5.79. The van der Waals surface area contributed by atoms with Crippen molar-refractivity contribution in [1.29, 1.82) is 0 Å². The zero-order valence-corrected chi connectivity index (χ0v) is 13.3. The van der Waals surface area contributed by atoms with E-state index in [2.05, 4.69) is 62.4 Å². The summed E-state index contributed by atoms with van der Waals surface area (Å²) in [6.45, 7) is 5.98. The smallest absolute Gasteiger partial charge is 0.0469 e. The first kappa shape index (κ1) is 15.8. The Balaban J connectivity index is 1.52. The van der Waals surface area contributed by atoms with Crippen LogP contribution in [0.2, 0.25) is 0 Å². The fraction of sp³-hybridized carbons (Fsp3) is 0.400. The third kappa shape index (κ3) is 6.14. The quantitative estimate of drug-likeness (QED) is 0.627. The molecular weight excluding hydrogens is 256 g/mol. The molecule has 0 saturated carbocycles. The first-order chi connectivity index (χ1) is 10.2. The number of ether oxygens (including phenoxy) is 1. The molecule has 2 aromatic carbocycles. The van der Waals surface area contributed by atoms with Gasteiger partial charge in [-0.1, -0.05) is 59.7 Å². The molecule has 0 fully saturated rings. The molecule has 2 aromatic rings. The fourth-order valence-electron chi connectivity index (χ4n) is 2.37. The lowest BCUT2D eigenvalue weighted by Crippen LogP contribution is -2.00. The average molecular weight is 282 g/mol. The summed E-state index contributed by atoms with van der Waals surface area (Å²) in [6.07, 6.45) is 4.43. The van der Waals surface area contributed by atoms with Crippen LogP contribution in [0.15, 0.2) is 48.5 Å². The van der Waals surface area contributed by atoms with Crippen LogP contribution >= 0.6 is 0 Å². The van der Waals surface area contributed by atoms with Crippen molar-refractivity contribution in [2.45, 2.75) is 39.5 Å². The fourth-order valence-corrected chi connectivity index (χ4v) is 2.37.